The summed E-state index contributed by atoms with van der Waals surface area (Å²) < 4.78 is 6.27. The number of ether oxygens (including phenoxy) is 1. The van der Waals surface area contributed by atoms with Crippen molar-refractivity contribution in [3.8, 4) is 0 Å². The van der Waals surface area contributed by atoms with E-state index in [-0.39, 0.29) is 17.6 Å². The van der Waals surface area contributed by atoms with E-state index >= 15 is 0 Å². The Labute approximate surface area is 142 Å². The Hall–Kier alpha value is -1.22. The standard InChI is InChI=1S/C15H19IN2O4/c1-10(4-6-12-3-2-8-22-12)17-15(19)13-9-11(18(20)21)5-7-14(13)16/h5,7,9-10,12H,2-4,6,8H2,1H3,(H,17,19). The van der Waals surface area contributed by atoms with Gasteiger partial charge in [-0.15, -0.1) is 0 Å². The third-order valence-corrected chi connectivity index (χ3v) is 4.67. The molecule has 120 valence electrons. The molecule has 1 saturated heterocycles. The summed E-state index contributed by atoms with van der Waals surface area (Å²) in [7, 11) is 0. The molecule has 1 N–H and O–H groups in total. The summed E-state index contributed by atoms with van der Waals surface area (Å²) in [5, 5.41) is 13.7. The molecule has 0 saturated carbocycles. The highest BCUT2D eigenvalue weighted by Gasteiger charge is 2.19. The molecule has 1 aliphatic heterocycles. The maximum Gasteiger partial charge on any atom is 0.270 e. The molecule has 1 amide bonds. The zero-order chi connectivity index (χ0) is 16.1. The van der Waals surface area contributed by atoms with E-state index in [0.717, 1.165) is 32.3 Å². The molecule has 0 bridgehead atoms. The number of rotatable bonds is 6. The van der Waals surface area contributed by atoms with Gasteiger partial charge in [0, 0.05) is 28.4 Å². The molecular formula is C15H19IN2O4. The molecule has 1 aromatic carbocycles. The summed E-state index contributed by atoms with van der Waals surface area (Å²) in [6, 6.07) is 4.32. The van der Waals surface area contributed by atoms with Crippen molar-refractivity contribution in [3.05, 3.63) is 37.4 Å². The highest BCUT2D eigenvalue weighted by Crippen LogP contribution is 2.20. The van der Waals surface area contributed by atoms with Crippen molar-refractivity contribution < 1.29 is 14.5 Å². The number of nitro groups is 1. The van der Waals surface area contributed by atoms with Gasteiger partial charge in [0.15, 0.2) is 0 Å². The second kappa shape index (κ2) is 7.87. The van der Waals surface area contributed by atoms with Crippen LogP contribution in [-0.2, 0) is 4.74 Å². The lowest BCUT2D eigenvalue weighted by Gasteiger charge is -2.16. The minimum atomic E-state index is -0.492. The van der Waals surface area contributed by atoms with Gasteiger partial charge in [0.25, 0.3) is 11.6 Å². The first-order valence-electron chi connectivity index (χ1n) is 7.34. The third-order valence-electron chi connectivity index (χ3n) is 3.73. The zero-order valence-corrected chi connectivity index (χ0v) is 14.5. The monoisotopic (exact) mass is 418 g/mol. The lowest BCUT2D eigenvalue weighted by atomic mass is 10.1. The van der Waals surface area contributed by atoms with E-state index in [1.807, 2.05) is 29.5 Å². The number of non-ortho nitro benzene ring substituents is 1. The summed E-state index contributed by atoms with van der Waals surface area (Å²) in [4.78, 5) is 22.6. The van der Waals surface area contributed by atoms with Gasteiger partial charge in [-0.05, 0) is 61.3 Å². The molecule has 2 unspecified atom stereocenters. The normalized spacial score (nSPS) is 18.9. The first-order chi connectivity index (χ1) is 10.5. The number of hydrogen-bond donors (Lipinski definition) is 1. The molecule has 1 aliphatic rings. The SMILES string of the molecule is CC(CCC1CCCO1)NC(=O)c1cc([N+](=O)[O-])ccc1I. The lowest BCUT2D eigenvalue weighted by molar-refractivity contribution is -0.384. The number of nitrogens with one attached hydrogen (secondary N) is 1. The highest BCUT2D eigenvalue weighted by molar-refractivity contribution is 14.1. The van der Waals surface area contributed by atoms with Crippen LogP contribution in [0.2, 0.25) is 0 Å². The molecule has 0 spiro atoms. The Morgan fingerprint density at radius 2 is 2.36 bits per heavy atom. The van der Waals surface area contributed by atoms with Crippen LogP contribution in [0.5, 0.6) is 0 Å². The van der Waals surface area contributed by atoms with Gasteiger partial charge in [-0.25, -0.2) is 0 Å². The Morgan fingerprint density at radius 3 is 3.00 bits per heavy atom. The first-order valence-corrected chi connectivity index (χ1v) is 8.41. The van der Waals surface area contributed by atoms with Crippen molar-refractivity contribution in [1.82, 2.24) is 5.32 Å². The van der Waals surface area contributed by atoms with Crippen molar-refractivity contribution in [1.29, 1.82) is 0 Å². The van der Waals surface area contributed by atoms with Crippen LogP contribution in [0.1, 0.15) is 43.0 Å². The smallest absolute Gasteiger partial charge is 0.270 e. The fourth-order valence-electron chi connectivity index (χ4n) is 2.48. The summed E-state index contributed by atoms with van der Waals surface area (Å²) >= 11 is 2.01. The van der Waals surface area contributed by atoms with Crippen LogP contribution in [0.3, 0.4) is 0 Å². The maximum absolute atomic E-state index is 12.3. The average molecular weight is 418 g/mol. The molecule has 0 aliphatic carbocycles. The number of halogens is 1. The van der Waals surface area contributed by atoms with Crippen LogP contribution < -0.4 is 5.32 Å². The number of nitrogens with zero attached hydrogens (tertiary/aromatic N) is 1. The van der Waals surface area contributed by atoms with E-state index in [4.69, 9.17) is 4.74 Å². The first kappa shape index (κ1) is 17.1. The van der Waals surface area contributed by atoms with Crippen LogP contribution in [0.15, 0.2) is 18.2 Å². The molecule has 2 rings (SSSR count). The third kappa shape index (κ3) is 4.64. The van der Waals surface area contributed by atoms with E-state index in [9.17, 15) is 14.9 Å². The maximum atomic E-state index is 12.3. The van der Waals surface area contributed by atoms with E-state index in [1.165, 1.54) is 12.1 Å². The Kier molecular flexibility index (Phi) is 6.13. The minimum absolute atomic E-state index is 0.00626. The highest BCUT2D eigenvalue weighted by atomic mass is 127. The molecular weight excluding hydrogens is 399 g/mol. The van der Waals surface area contributed by atoms with Crippen molar-refractivity contribution >= 4 is 34.2 Å². The minimum Gasteiger partial charge on any atom is -0.378 e. The predicted molar refractivity (Wildman–Crippen MR) is 90.9 cm³/mol. The topological polar surface area (TPSA) is 81.5 Å². The molecule has 2 atom stereocenters. The van der Waals surface area contributed by atoms with Crippen LogP contribution >= 0.6 is 22.6 Å². The second-order valence-electron chi connectivity index (χ2n) is 5.51. The molecule has 1 heterocycles. The fourth-order valence-corrected chi connectivity index (χ4v) is 3.06. The van der Waals surface area contributed by atoms with Crippen molar-refractivity contribution in [3.63, 3.8) is 0 Å². The molecule has 22 heavy (non-hydrogen) atoms. The van der Waals surface area contributed by atoms with Gasteiger partial charge in [0.1, 0.15) is 0 Å². The van der Waals surface area contributed by atoms with Crippen LogP contribution in [-0.4, -0.2) is 29.6 Å². The molecule has 1 aromatic rings. The van der Waals surface area contributed by atoms with Crippen molar-refractivity contribution in [2.45, 2.75) is 44.8 Å². The predicted octanol–water partition coefficient (Wildman–Crippen LogP) is 3.28. The summed E-state index contributed by atoms with van der Waals surface area (Å²) in [6.07, 6.45) is 4.26. The summed E-state index contributed by atoms with van der Waals surface area (Å²) in [5.41, 5.74) is 0.274. The van der Waals surface area contributed by atoms with Gasteiger partial charge in [-0.3, -0.25) is 14.9 Å². The molecule has 0 aromatic heterocycles. The van der Waals surface area contributed by atoms with E-state index in [1.54, 1.807) is 6.07 Å². The Balaban J connectivity index is 1.93. The number of carbonyl (C=O) groups excluding carboxylic acids is 1. The number of benzene rings is 1. The van der Waals surface area contributed by atoms with Crippen LogP contribution in [0.25, 0.3) is 0 Å². The largest absolute Gasteiger partial charge is 0.378 e. The molecule has 6 nitrogen and oxygen atoms in total. The van der Waals surface area contributed by atoms with Gasteiger partial charge in [0.05, 0.1) is 16.6 Å². The molecule has 1 fully saturated rings. The number of nitro benzene ring substituents is 1. The molecule has 0 radical (unpaired) electrons. The Morgan fingerprint density at radius 1 is 1.59 bits per heavy atom. The van der Waals surface area contributed by atoms with Gasteiger partial charge in [0.2, 0.25) is 0 Å². The van der Waals surface area contributed by atoms with Gasteiger partial charge in [-0.1, -0.05) is 0 Å². The van der Waals surface area contributed by atoms with Gasteiger partial charge >= 0.3 is 0 Å². The number of carbonyl (C=O) groups is 1. The van der Waals surface area contributed by atoms with E-state index in [0.29, 0.717) is 15.2 Å². The second-order valence-corrected chi connectivity index (χ2v) is 6.67. The average Bonchev–Trinajstić information content (AvgIpc) is 2.98. The zero-order valence-electron chi connectivity index (χ0n) is 12.4. The number of hydrogen-bond acceptors (Lipinski definition) is 4. The summed E-state index contributed by atoms with van der Waals surface area (Å²) in [6.45, 7) is 2.77. The van der Waals surface area contributed by atoms with E-state index in [2.05, 4.69) is 5.32 Å². The van der Waals surface area contributed by atoms with Gasteiger partial charge < -0.3 is 10.1 Å². The van der Waals surface area contributed by atoms with Crippen LogP contribution in [0, 0.1) is 13.7 Å². The quantitative estimate of drug-likeness (QED) is 0.437. The fraction of sp³-hybridized carbons (Fsp3) is 0.533. The van der Waals surface area contributed by atoms with Gasteiger partial charge in [-0.2, -0.15) is 0 Å². The van der Waals surface area contributed by atoms with Crippen molar-refractivity contribution in [2.75, 3.05) is 6.61 Å². The lowest BCUT2D eigenvalue weighted by Crippen LogP contribution is -2.33. The van der Waals surface area contributed by atoms with Crippen molar-refractivity contribution in [2.24, 2.45) is 0 Å². The van der Waals surface area contributed by atoms with Crippen LogP contribution in [0.4, 0.5) is 5.69 Å². The van der Waals surface area contributed by atoms with E-state index < -0.39 is 4.92 Å². The molecule has 7 heteroatoms. The summed E-state index contributed by atoms with van der Waals surface area (Å²) in [5.74, 6) is -0.270. The number of amides is 1. The Bertz CT molecular complexity index is 558.